The first-order valence-electron chi connectivity index (χ1n) is 6.25. The van der Waals surface area contributed by atoms with Crippen molar-refractivity contribution in [2.24, 2.45) is 5.84 Å². The van der Waals surface area contributed by atoms with Gasteiger partial charge in [0.1, 0.15) is 5.82 Å². The molecule has 100 valence electrons. The van der Waals surface area contributed by atoms with Crippen LogP contribution >= 0.6 is 11.8 Å². The molecule has 0 aliphatic heterocycles. The van der Waals surface area contributed by atoms with Crippen LogP contribution in [-0.4, -0.2) is 25.2 Å². The van der Waals surface area contributed by atoms with Gasteiger partial charge in [0.25, 0.3) is 0 Å². The van der Waals surface area contributed by atoms with Gasteiger partial charge in [-0.1, -0.05) is 12.8 Å². The van der Waals surface area contributed by atoms with Crippen molar-refractivity contribution in [2.45, 2.75) is 41.8 Å². The summed E-state index contributed by atoms with van der Waals surface area (Å²) in [4.78, 5) is 5.09. The van der Waals surface area contributed by atoms with Crippen molar-refractivity contribution in [3.05, 3.63) is 18.3 Å². The van der Waals surface area contributed by atoms with Crippen molar-refractivity contribution in [3.8, 4) is 0 Å². The minimum Gasteiger partial charge on any atom is -0.308 e. The molecule has 0 amide bonds. The van der Waals surface area contributed by atoms with Gasteiger partial charge in [0.2, 0.25) is 5.16 Å². The lowest BCUT2D eigenvalue weighted by atomic mass is 10.3. The van der Waals surface area contributed by atoms with Gasteiger partial charge in [-0.3, -0.25) is 0 Å². The van der Waals surface area contributed by atoms with Gasteiger partial charge in [-0.25, -0.2) is 15.5 Å². The summed E-state index contributed by atoms with van der Waals surface area (Å²) in [5, 5.41) is 12.8. The maximum atomic E-state index is 5.35. The number of hydrogen-bond acceptors (Lipinski definition) is 7. The van der Waals surface area contributed by atoms with Crippen LogP contribution in [-0.2, 0) is 0 Å². The number of pyridine rings is 1. The van der Waals surface area contributed by atoms with Gasteiger partial charge in [-0.15, -0.1) is 5.10 Å². The molecule has 0 aromatic carbocycles. The van der Waals surface area contributed by atoms with Crippen LogP contribution in [0.25, 0.3) is 0 Å². The van der Waals surface area contributed by atoms with Crippen LogP contribution in [0.1, 0.15) is 31.7 Å². The molecule has 0 atom stereocenters. The van der Waals surface area contributed by atoms with Crippen LogP contribution in [0.2, 0.25) is 0 Å². The molecule has 2 aromatic heterocycles. The largest absolute Gasteiger partial charge is 0.308 e. The molecule has 0 spiro atoms. The van der Waals surface area contributed by atoms with E-state index in [1.807, 2.05) is 16.8 Å². The number of aromatic nitrogens is 5. The fourth-order valence-corrected chi connectivity index (χ4v) is 3.16. The van der Waals surface area contributed by atoms with E-state index in [0.29, 0.717) is 11.9 Å². The summed E-state index contributed by atoms with van der Waals surface area (Å²) in [6.07, 6.45) is 6.53. The zero-order valence-corrected chi connectivity index (χ0v) is 11.2. The molecule has 3 rings (SSSR count). The molecule has 1 saturated carbocycles. The lowest BCUT2D eigenvalue weighted by Gasteiger charge is -2.10. The second kappa shape index (κ2) is 5.54. The highest BCUT2D eigenvalue weighted by Crippen LogP contribution is 2.33. The molecule has 2 aromatic rings. The third kappa shape index (κ3) is 2.69. The zero-order chi connectivity index (χ0) is 13.1. The van der Waals surface area contributed by atoms with Crippen molar-refractivity contribution >= 4 is 17.6 Å². The molecule has 8 heteroatoms. The van der Waals surface area contributed by atoms with Gasteiger partial charge in [-0.05, 0) is 47.2 Å². The van der Waals surface area contributed by atoms with E-state index in [-0.39, 0.29) is 0 Å². The molecule has 19 heavy (non-hydrogen) atoms. The Kier molecular flexibility index (Phi) is 3.60. The number of hydrogen-bond donors (Lipinski definition) is 2. The molecular formula is C11H15N7S. The molecule has 1 fully saturated rings. The van der Waals surface area contributed by atoms with E-state index in [4.69, 9.17) is 5.84 Å². The predicted octanol–water partition coefficient (Wildman–Crippen LogP) is 1.62. The van der Waals surface area contributed by atoms with Gasteiger partial charge in [0.05, 0.1) is 6.04 Å². The molecule has 0 unspecified atom stereocenters. The first-order valence-corrected chi connectivity index (χ1v) is 7.07. The monoisotopic (exact) mass is 277 g/mol. The van der Waals surface area contributed by atoms with E-state index in [9.17, 15) is 0 Å². The zero-order valence-electron chi connectivity index (χ0n) is 10.4. The molecule has 3 N–H and O–H groups in total. The second-order valence-corrected chi connectivity index (χ2v) is 5.51. The highest BCUT2D eigenvalue weighted by molar-refractivity contribution is 7.99. The summed E-state index contributed by atoms with van der Waals surface area (Å²) in [6.45, 7) is 0. The van der Waals surface area contributed by atoms with Crippen LogP contribution in [0.5, 0.6) is 0 Å². The summed E-state index contributed by atoms with van der Waals surface area (Å²) >= 11 is 1.53. The van der Waals surface area contributed by atoms with Crippen LogP contribution in [0.3, 0.4) is 0 Å². The van der Waals surface area contributed by atoms with Crippen LogP contribution < -0.4 is 11.3 Å². The minimum absolute atomic E-state index is 0.437. The second-order valence-electron chi connectivity index (χ2n) is 4.47. The van der Waals surface area contributed by atoms with Crippen LogP contribution in [0, 0.1) is 0 Å². The number of nitrogen functional groups attached to an aromatic ring is 1. The summed E-state index contributed by atoms with van der Waals surface area (Å²) in [6, 6.07) is 4.23. The normalized spacial score (nSPS) is 15.8. The maximum absolute atomic E-state index is 5.35. The smallest absolute Gasteiger partial charge is 0.214 e. The predicted molar refractivity (Wildman–Crippen MR) is 71.5 cm³/mol. The van der Waals surface area contributed by atoms with E-state index in [1.54, 1.807) is 6.20 Å². The summed E-state index contributed by atoms with van der Waals surface area (Å²) in [5.41, 5.74) is 2.53. The van der Waals surface area contributed by atoms with Crippen molar-refractivity contribution in [1.82, 2.24) is 25.2 Å². The molecule has 0 bridgehead atoms. The Bertz CT molecular complexity index is 549. The van der Waals surface area contributed by atoms with Crippen molar-refractivity contribution in [1.29, 1.82) is 0 Å². The molecule has 2 heterocycles. The van der Waals surface area contributed by atoms with E-state index < -0.39 is 0 Å². The van der Waals surface area contributed by atoms with Gasteiger partial charge in [-0.2, -0.15) is 0 Å². The van der Waals surface area contributed by atoms with E-state index in [0.717, 1.165) is 22.9 Å². The Morgan fingerprint density at radius 3 is 3.00 bits per heavy atom. The SMILES string of the molecule is NNc1cc(Sc2nnnn2C2CCCC2)ccn1. The third-order valence-corrected chi connectivity index (χ3v) is 4.16. The van der Waals surface area contributed by atoms with E-state index >= 15 is 0 Å². The van der Waals surface area contributed by atoms with Gasteiger partial charge in [0, 0.05) is 11.1 Å². The first-order chi connectivity index (χ1) is 9.36. The number of rotatable bonds is 4. The number of anilines is 1. The molecule has 7 nitrogen and oxygen atoms in total. The molecule has 0 radical (unpaired) electrons. The highest BCUT2D eigenvalue weighted by atomic mass is 32.2. The lowest BCUT2D eigenvalue weighted by Crippen LogP contribution is -2.09. The van der Waals surface area contributed by atoms with Crippen molar-refractivity contribution in [3.63, 3.8) is 0 Å². The maximum Gasteiger partial charge on any atom is 0.214 e. The number of nitrogens with one attached hydrogen (secondary N) is 1. The average Bonchev–Trinajstić information content (AvgIpc) is 3.09. The Hall–Kier alpha value is -1.67. The topological polar surface area (TPSA) is 94.5 Å². The standard InChI is InChI=1S/C11H15N7S/c12-14-10-7-9(5-6-13-10)19-11-15-16-17-18(11)8-3-1-2-4-8/h5-8H,1-4,12H2,(H,13,14). The Balaban J connectivity index is 1.81. The number of nitrogens with zero attached hydrogens (tertiary/aromatic N) is 5. The summed E-state index contributed by atoms with van der Waals surface area (Å²) in [5.74, 6) is 5.98. The van der Waals surface area contributed by atoms with Crippen LogP contribution in [0.4, 0.5) is 5.82 Å². The summed E-state index contributed by atoms with van der Waals surface area (Å²) in [7, 11) is 0. The molecule has 1 aliphatic carbocycles. The Morgan fingerprint density at radius 2 is 2.21 bits per heavy atom. The molecule has 0 saturated heterocycles. The minimum atomic E-state index is 0.437. The Morgan fingerprint density at radius 1 is 1.37 bits per heavy atom. The lowest BCUT2D eigenvalue weighted by molar-refractivity contribution is 0.423. The van der Waals surface area contributed by atoms with Gasteiger partial charge < -0.3 is 5.43 Å². The third-order valence-electron chi connectivity index (χ3n) is 3.22. The fourth-order valence-electron chi connectivity index (χ4n) is 2.29. The number of tetrazole rings is 1. The Labute approximate surface area is 114 Å². The van der Waals surface area contributed by atoms with Crippen molar-refractivity contribution < 1.29 is 0 Å². The molecular weight excluding hydrogens is 262 g/mol. The van der Waals surface area contributed by atoms with Crippen LogP contribution in [0.15, 0.2) is 28.4 Å². The number of nitrogens with two attached hydrogens (primary N) is 1. The van der Waals surface area contributed by atoms with E-state index in [2.05, 4.69) is 25.9 Å². The summed E-state index contributed by atoms with van der Waals surface area (Å²) < 4.78 is 1.94. The number of hydrazine groups is 1. The fraction of sp³-hybridized carbons (Fsp3) is 0.455. The highest BCUT2D eigenvalue weighted by Gasteiger charge is 2.21. The van der Waals surface area contributed by atoms with Crippen molar-refractivity contribution in [2.75, 3.05) is 5.43 Å². The van der Waals surface area contributed by atoms with Gasteiger partial charge >= 0.3 is 0 Å². The van der Waals surface area contributed by atoms with Gasteiger partial charge in [0.15, 0.2) is 0 Å². The average molecular weight is 277 g/mol. The van der Waals surface area contributed by atoms with E-state index in [1.165, 1.54) is 24.6 Å². The quantitative estimate of drug-likeness (QED) is 0.647. The first kappa shape index (κ1) is 12.4. The molecule has 1 aliphatic rings.